The molecule has 0 aromatic heterocycles. The van der Waals surface area contributed by atoms with E-state index in [0.29, 0.717) is 0 Å². The Morgan fingerprint density at radius 3 is 2.00 bits per heavy atom. The highest BCUT2D eigenvalue weighted by Gasteiger charge is 2.52. The van der Waals surface area contributed by atoms with Gasteiger partial charge in [0.1, 0.15) is 0 Å². The third kappa shape index (κ3) is 1.52. The molecule has 1 heterocycles. The number of hydrogen-bond donors (Lipinski definition) is 0. The lowest BCUT2D eigenvalue weighted by Crippen LogP contribution is -2.64. The molecule has 1 heteroatoms. The maximum Gasteiger partial charge on any atom is 0.00534 e. The van der Waals surface area contributed by atoms with Crippen molar-refractivity contribution in [3.05, 3.63) is 0 Å². The largest absolute Gasteiger partial charge is 0.300 e. The van der Waals surface area contributed by atoms with Gasteiger partial charge in [0.15, 0.2) is 0 Å². The van der Waals surface area contributed by atoms with Gasteiger partial charge in [0.2, 0.25) is 0 Å². The Kier molecular flexibility index (Phi) is 2.18. The second kappa shape index (κ2) is 2.98. The van der Waals surface area contributed by atoms with E-state index in [-0.39, 0.29) is 0 Å². The van der Waals surface area contributed by atoms with Crippen molar-refractivity contribution in [2.24, 2.45) is 17.3 Å². The standard InChI is InChI=1S/C12H23N/c1-9(2)11-5-12(6-11)7-13(8-12)10(3)4/h9-11H,5-8H2,1-4H3. The highest BCUT2D eigenvalue weighted by molar-refractivity contribution is 5.05. The molecule has 2 rings (SSSR count). The van der Waals surface area contributed by atoms with E-state index in [1.807, 2.05) is 0 Å². The van der Waals surface area contributed by atoms with E-state index in [1.54, 1.807) is 0 Å². The lowest BCUT2D eigenvalue weighted by molar-refractivity contribution is -0.117. The lowest BCUT2D eigenvalue weighted by Gasteiger charge is -2.61. The lowest BCUT2D eigenvalue weighted by atomic mass is 9.55. The molecule has 0 unspecified atom stereocenters. The van der Waals surface area contributed by atoms with Gasteiger partial charge in [0.05, 0.1) is 0 Å². The molecule has 13 heavy (non-hydrogen) atoms. The molecule has 0 atom stereocenters. The van der Waals surface area contributed by atoms with Gasteiger partial charge in [0, 0.05) is 19.1 Å². The molecule has 0 bridgehead atoms. The van der Waals surface area contributed by atoms with E-state index in [1.165, 1.54) is 25.9 Å². The third-order valence-electron chi connectivity index (χ3n) is 4.14. The molecule has 2 aliphatic rings. The van der Waals surface area contributed by atoms with Crippen LogP contribution in [0.3, 0.4) is 0 Å². The molecule has 76 valence electrons. The molecule has 0 aromatic rings. The Morgan fingerprint density at radius 1 is 1.08 bits per heavy atom. The summed E-state index contributed by atoms with van der Waals surface area (Å²) in [6.07, 6.45) is 3.02. The minimum Gasteiger partial charge on any atom is -0.300 e. The average molecular weight is 181 g/mol. The Labute approximate surface area is 82.5 Å². The van der Waals surface area contributed by atoms with Crippen LogP contribution in [0.4, 0.5) is 0 Å². The second-order valence-electron chi connectivity index (χ2n) is 5.91. The monoisotopic (exact) mass is 181 g/mol. The minimum absolute atomic E-state index is 0.767. The van der Waals surface area contributed by atoms with Crippen LogP contribution in [0.2, 0.25) is 0 Å². The summed E-state index contributed by atoms with van der Waals surface area (Å²) in [5, 5.41) is 0. The molecule has 2 fully saturated rings. The molecule has 1 aliphatic heterocycles. The molecule has 0 N–H and O–H groups in total. The zero-order chi connectivity index (χ0) is 9.64. The first-order chi connectivity index (χ1) is 6.02. The summed E-state index contributed by atoms with van der Waals surface area (Å²) in [5.74, 6) is 1.95. The molecule has 1 aliphatic carbocycles. The molecule has 1 nitrogen and oxygen atoms in total. The minimum atomic E-state index is 0.767. The predicted molar refractivity (Wildman–Crippen MR) is 56.7 cm³/mol. The number of nitrogens with zero attached hydrogens (tertiary/aromatic N) is 1. The Hall–Kier alpha value is -0.0400. The SMILES string of the molecule is CC(C)C1CC2(C1)CN(C(C)C)C2. The van der Waals surface area contributed by atoms with Gasteiger partial charge in [-0.25, -0.2) is 0 Å². The van der Waals surface area contributed by atoms with E-state index in [4.69, 9.17) is 0 Å². The van der Waals surface area contributed by atoms with E-state index >= 15 is 0 Å². The van der Waals surface area contributed by atoms with E-state index in [9.17, 15) is 0 Å². The van der Waals surface area contributed by atoms with Crippen molar-refractivity contribution in [2.45, 2.75) is 46.6 Å². The van der Waals surface area contributed by atoms with Crippen LogP contribution in [-0.2, 0) is 0 Å². The number of hydrogen-bond acceptors (Lipinski definition) is 1. The van der Waals surface area contributed by atoms with Crippen molar-refractivity contribution in [3.63, 3.8) is 0 Å². The quantitative estimate of drug-likeness (QED) is 0.633. The third-order valence-corrected chi connectivity index (χ3v) is 4.14. The van der Waals surface area contributed by atoms with Gasteiger partial charge < -0.3 is 0 Å². The van der Waals surface area contributed by atoms with Crippen LogP contribution in [0.5, 0.6) is 0 Å². The molecule has 1 spiro atoms. The summed E-state index contributed by atoms with van der Waals surface area (Å²) in [6.45, 7) is 12.1. The molecule has 1 saturated carbocycles. The Balaban J connectivity index is 1.76. The zero-order valence-electron chi connectivity index (χ0n) is 9.51. The van der Waals surface area contributed by atoms with Crippen molar-refractivity contribution >= 4 is 0 Å². The van der Waals surface area contributed by atoms with Crippen molar-refractivity contribution < 1.29 is 0 Å². The van der Waals surface area contributed by atoms with Crippen LogP contribution in [0.1, 0.15) is 40.5 Å². The summed E-state index contributed by atoms with van der Waals surface area (Å²) in [5.41, 5.74) is 0.777. The summed E-state index contributed by atoms with van der Waals surface area (Å²) < 4.78 is 0. The molecule has 1 saturated heterocycles. The fraction of sp³-hybridized carbons (Fsp3) is 1.00. The molecular weight excluding hydrogens is 158 g/mol. The maximum absolute atomic E-state index is 2.61. The van der Waals surface area contributed by atoms with Crippen LogP contribution in [-0.4, -0.2) is 24.0 Å². The van der Waals surface area contributed by atoms with Gasteiger partial charge in [-0.2, -0.15) is 0 Å². The van der Waals surface area contributed by atoms with Gasteiger partial charge in [-0.3, -0.25) is 4.90 Å². The number of likely N-dealkylation sites (tertiary alicyclic amines) is 1. The fourth-order valence-corrected chi connectivity index (χ4v) is 2.96. The maximum atomic E-state index is 2.61. The van der Waals surface area contributed by atoms with Gasteiger partial charge in [-0.1, -0.05) is 13.8 Å². The van der Waals surface area contributed by atoms with E-state index < -0.39 is 0 Å². The predicted octanol–water partition coefficient (Wildman–Crippen LogP) is 2.76. The number of rotatable bonds is 2. The Bertz CT molecular complexity index is 158. The van der Waals surface area contributed by atoms with E-state index in [2.05, 4.69) is 32.6 Å². The first kappa shape index (κ1) is 9.51. The Morgan fingerprint density at radius 2 is 1.62 bits per heavy atom. The summed E-state index contributed by atoms with van der Waals surface area (Å²) in [6, 6.07) is 0.767. The molecule has 0 aromatic carbocycles. The van der Waals surface area contributed by atoms with Crippen LogP contribution in [0.25, 0.3) is 0 Å². The molecular formula is C12H23N. The second-order valence-corrected chi connectivity index (χ2v) is 5.91. The highest BCUT2D eigenvalue weighted by Crippen LogP contribution is 2.54. The molecule has 0 radical (unpaired) electrons. The highest BCUT2D eigenvalue weighted by atomic mass is 15.2. The fourth-order valence-electron chi connectivity index (χ4n) is 2.96. The summed E-state index contributed by atoms with van der Waals surface area (Å²) in [7, 11) is 0. The van der Waals surface area contributed by atoms with Crippen LogP contribution >= 0.6 is 0 Å². The van der Waals surface area contributed by atoms with Gasteiger partial charge >= 0.3 is 0 Å². The van der Waals surface area contributed by atoms with Crippen LogP contribution in [0, 0.1) is 17.3 Å². The van der Waals surface area contributed by atoms with Crippen LogP contribution in [0.15, 0.2) is 0 Å². The normalized spacial score (nSPS) is 28.2. The first-order valence-corrected chi connectivity index (χ1v) is 5.76. The van der Waals surface area contributed by atoms with Gasteiger partial charge in [-0.05, 0) is 43.9 Å². The average Bonchev–Trinajstić information content (AvgIpc) is 1.78. The van der Waals surface area contributed by atoms with Crippen molar-refractivity contribution in [3.8, 4) is 0 Å². The van der Waals surface area contributed by atoms with Crippen molar-refractivity contribution in [1.82, 2.24) is 4.90 Å². The first-order valence-electron chi connectivity index (χ1n) is 5.76. The van der Waals surface area contributed by atoms with Crippen molar-refractivity contribution in [1.29, 1.82) is 0 Å². The smallest absolute Gasteiger partial charge is 0.00534 e. The van der Waals surface area contributed by atoms with Crippen LogP contribution < -0.4 is 0 Å². The summed E-state index contributed by atoms with van der Waals surface area (Å²) >= 11 is 0. The van der Waals surface area contributed by atoms with E-state index in [0.717, 1.165) is 23.3 Å². The van der Waals surface area contributed by atoms with Crippen molar-refractivity contribution in [2.75, 3.05) is 13.1 Å². The van der Waals surface area contributed by atoms with Gasteiger partial charge in [0.25, 0.3) is 0 Å². The topological polar surface area (TPSA) is 3.24 Å². The summed E-state index contributed by atoms with van der Waals surface area (Å²) in [4.78, 5) is 2.61. The van der Waals surface area contributed by atoms with Gasteiger partial charge in [-0.15, -0.1) is 0 Å². The molecule has 0 amide bonds. The zero-order valence-corrected chi connectivity index (χ0v) is 9.51.